The number of alkyl halides is 2. The smallest absolute Gasteiger partial charge is 0.191 e. The fraction of sp³-hybridized carbons (Fsp3) is 0.773. The highest BCUT2D eigenvalue weighted by Crippen LogP contribution is 2.74. The minimum absolute atomic E-state index is 0.0221. The Balaban J connectivity index is 1.65. The maximum atomic E-state index is 16.9. The summed E-state index contributed by atoms with van der Waals surface area (Å²) < 4.78 is 38.3. The van der Waals surface area contributed by atoms with E-state index in [0.717, 1.165) is 0 Å². The highest BCUT2D eigenvalue weighted by molar-refractivity contribution is 6.02. The zero-order valence-corrected chi connectivity index (χ0v) is 16.6. The van der Waals surface area contributed by atoms with Gasteiger partial charge in [0.25, 0.3) is 0 Å². The van der Waals surface area contributed by atoms with Gasteiger partial charge in [0.15, 0.2) is 11.5 Å². The molecule has 3 N–H and O–H groups in total. The standard InChI is InChI=1S/C22H29F2NO3/c1-4-15(27)18-11(2)7-16-19(18,3)10-17-22(24)20(16,25)9-14(23)13-8-12(26)5-6-21(13,22)28-17/h5-6,8,11,14-18,27H,4,7,9-10,25H2,1-3H3/t11?,14-,15?,16?,17?,18?,19?,20?,21?,22+/m0/s1. The number of fused-ring (bicyclic) bond motifs is 2. The van der Waals surface area contributed by atoms with Crippen molar-refractivity contribution >= 4 is 5.78 Å². The zero-order valence-electron chi connectivity index (χ0n) is 16.6. The van der Waals surface area contributed by atoms with Gasteiger partial charge in [0.1, 0.15) is 11.8 Å². The Bertz CT molecular complexity index is 814. The van der Waals surface area contributed by atoms with Crippen LogP contribution in [-0.4, -0.2) is 46.1 Å². The van der Waals surface area contributed by atoms with Gasteiger partial charge in [-0.3, -0.25) is 4.79 Å². The molecule has 0 aromatic rings. The summed E-state index contributed by atoms with van der Waals surface area (Å²) in [6, 6.07) is 0. The van der Waals surface area contributed by atoms with E-state index in [9.17, 15) is 9.90 Å². The minimum atomic E-state index is -1.94. The molecule has 154 valence electrons. The van der Waals surface area contributed by atoms with Gasteiger partial charge in [0.05, 0.1) is 17.7 Å². The largest absolute Gasteiger partial charge is 0.393 e. The van der Waals surface area contributed by atoms with Crippen molar-refractivity contribution in [3.05, 3.63) is 23.8 Å². The van der Waals surface area contributed by atoms with Crippen LogP contribution >= 0.6 is 0 Å². The number of carbonyl (C=O) groups excluding carboxylic acids is 1. The Kier molecular flexibility index (Phi) is 3.59. The number of allylic oxidation sites excluding steroid dienone is 2. The molecule has 28 heavy (non-hydrogen) atoms. The average Bonchev–Trinajstić information content (AvgIpc) is 2.91. The van der Waals surface area contributed by atoms with E-state index in [4.69, 9.17) is 10.5 Å². The van der Waals surface area contributed by atoms with Gasteiger partial charge in [-0.1, -0.05) is 20.8 Å². The lowest BCUT2D eigenvalue weighted by Gasteiger charge is -2.74. The number of halogens is 2. The maximum absolute atomic E-state index is 16.9. The molecule has 4 nitrogen and oxygen atoms in total. The number of rotatable bonds is 2. The molecule has 4 aliphatic carbocycles. The van der Waals surface area contributed by atoms with Gasteiger partial charge in [-0.15, -0.1) is 0 Å². The summed E-state index contributed by atoms with van der Waals surface area (Å²) in [6.07, 6.45) is 2.67. The molecule has 6 heteroatoms. The Labute approximate surface area is 164 Å². The third-order valence-corrected chi connectivity index (χ3v) is 8.91. The molecule has 3 saturated carbocycles. The van der Waals surface area contributed by atoms with Gasteiger partial charge >= 0.3 is 0 Å². The summed E-state index contributed by atoms with van der Waals surface area (Å²) in [7, 11) is 0. The third-order valence-electron chi connectivity index (χ3n) is 8.91. The number of carbonyl (C=O) groups is 1. The van der Waals surface area contributed by atoms with Crippen molar-refractivity contribution < 1.29 is 23.4 Å². The topological polar surface area (TPSA) is 72.5 Å². The average molecular weight is 393 g/mol. The van der Waals surface area contributed by atoms with Crippen molar-refractivity contribution in [3.63, 3.8) is 0 Å². The number of ketones is 1. The van der Waals surface area contributed by atoms with E-state index in [2.05, 4.69) is 13.8 Å². The molecule has 0 aromatic carbocycles. The van der Waals surface area contributed by atoms with E-state index in [1.807, 2.05) is 6.92 Å². The number of hydrogen-bond acceptors (Lipinski definition) is 4. The van der Waals surface area contributed by atoms with E-state index in [1.165, 1.54) is 18.2 Å². The summed E-state index contributed by atoms with van der Waals surface area (Å²) in [5.74, 6) is -0.453. The number of aliphatic hydroxyl groups excluding tert-OH is 1. The Morgan fingerprint density at radius 1 is 1.43 bits per heavy atom. The SMILES string of the molecule is CCC(O)C1C(C)CC2C1(C)CC1OC34C=CC(=O)C=C3[C@@H](F)CC2(N)[C@]14F. The van der Waals surface area contributed by atoms with Gasteiger partial charge in [-0.25, -0.2) is 8.78 Å². The predicted octanol–water partition coefficient (Wildman–Crippen LogP) is 2.79. The van der Waals surface area contributed by atoms with Crippen molar-refractivity contribution in [1.29, 1.82) is 0 Å². The van der Waals surface area contributed by atoms with Crippen molar-refractivity contribution in [1.82, 2.24) is 0 Å². The Morgan fingerprint density at radius 2 is 2.14 bits per heavy atom. The molecule has 5 aliphatic rings. The van der Waals surface area contributed by atoms with Crippen LogP contribution in [0.4, 0.5) is 8.78 Å². The highest BCUT2D eigenvalue weighted by atomic mass is 19.1. The molecule has 0 aromatic heterocycles. The predicted molar refractivity (Wildman–Crippen MR) is 99.9 cm³/mol. The molecule has 5 rings (SSSR count). The van der Waals surface area contributed by atoms with Crippen LogP contribution in [-0.2, 0) is 9.53 Å². The third kappa shape index (κ3) is 1.76. The molecule has 1 spiro atoms. The van der Waals surface area contributed by atoms with Crippen molar-refractivity contribution in [3.8, 4) is 0 Å². The van der Waals surface area contributed by atoms with E-state index in [-0.39, 0.29) is 35.5 Å². The summed E-state index contributed by atoms with van der Waals surface area (Å²) in [5, 5.41) is 10.7. The van der Waals surface area contributed by atoms with E-state index in [1.54, 1.807) is 0 Å². The van der Waals surface area contributed by atoms with Crippen LogP contribution in [0, 0.1) is 23.2 Å². The first-order valence-electron chi connectivity index (χ1n) is 10.5. The Morgan fingerprint density at radius 3 is 2.82 bits per heavy atom. The molecule has 10 atom stereocenters. The maximum Gasteiger partial charge on any atom is 0.191 e. The first-order chi connectivity index (χ1) is 13.0. The fourth-order valence-corrected chi connectivity index (χ4v) is 7.94. The minimum Gasteiger partial charge on any atom is -0.393 e. The number of ether oxygens (including phenoxy) is 1. The fourth-order valence-electron chi connectivity index (χ4n) is 7.94. The van der Waals surface area contributed by atoms with Crippen LogP contribution in [0.2, 0.25) is 0 Å². The van der Waals surface area contributed by atoms with Crippen LogP contribution in [0.15, 0.2) is 23.8 Å². The van der Waals surface area contributed by atoms with E-state index >= 15 is 8.78 Å². The van der Waals surface area contributed by atoms with Gasteiger partial charge in [0.2, 0.25) is 0 Å². The summed E-state index contributed by atoms with van der Waals surface area (Å²) in [5.41, 5.74) is 1.62. The molecule has 0 amide bonds. The van der Waals surface area contributed by atoms with Gasteiger partial charge < -0.3 is 15.6 Å². The number of hydrogen-bond donors (Lipinski definition) is 2. The number of nitrogens with two attached hydrogens (primary N) is 1. The van der Waals surface area contributed by atoms with Crippen molar-refractivity contribution in [2.75, 3.05) is 0 Å². The lowest BCUT2D eigenvalue weighted by Crippen LogP contribution is -2.90. The lowest BCUT2D eigenvalue weighted by molar-refractivity contribution is -0.361. The lowest BCUT2D eigenvalue weighted by atomic mass is 9.41. The van der Waals surface area contributed by atoms with Gasteiger partial charge in [-0.2, -0.15) is 0 Å². The molecule has 0 bridgehead atoms. The molecule has 1 saturated heterocycles. The van der Waals surface area contributed by atoms with Gasteiger partial charge in [0, 0.05) is 12.0 Å². The second kappa shape index (κ2) is 5.32. The van der Waals surface area contributed by atoms with Crippen LogP contribution in [0.5, 0.6) is 0 Å². The molecule has 0 radical (unpaired) electrons. The summed E-state index contributed by atoms with van der Waals surface area (Å²) in [4.78, 5) is 11.8. The highest BCUT2D eigenvalue weighted by Gasteiger charge is 2.86. The summed E-state index contributed by atoms with van der Waals surface area (Å²) in [6.45, 7) is 6.11. The molecular weight excluding hydrogens is 364 g/mol. The van der Waals surface area contributed by atoms with Crippen molar-refractivity contribution in [2.45, 2.75) is 81.6 Å². The second-order valence-corrected chi connectivity index (χ2v) is 10.1. The van der Waals surface area contributed by atoms with Crippen LogP contribution in [0.1, 0.15) is 46.5 Å². The van der Waals surface area contributed by atoms with E-state index < -0.39 is 40.6 Å². The second-order valence-electron chi connectivity index (χ2n) is 10.1. The van der Waals surface area contributed by atoms with E-state index in [0.29, 0.717) is 19.3 Å². The van der Waals surface area contributed by atoms with Gasteiger partial charge in [-0.05, 0) is 60.7 Å². The molecule has 1 aliphatic heterocycles. The van der Waals surface area contributed by atoms with Crippen LogP contribution in [0.25, 0.3) is 0 Å². The molecule has 8 unspecified atom stereocenters. The van der Waals surface area contributed by atoms with Crippen LogP contribution < -0.4 is 5.73 Å². The van der Waals surface area contributed by atoms with Crippen LogP contribution in [0.3, 0.4) is 0 Å². The normalized spacial score (nSPS) is 57.6. The number of aliphatic hydroxyl groups is 1. The first-order valence-corrected chi connectivity index (χ1v) is 10.5. The Hall–Kier alpha value is -1.11. The summed E-state index contributed by atoms with van der Waals surface area (Å²) >= 11 is 0. The monoisotopic (exact) mass is 393 g/mol. The zero-order chi connectivity index (χ0) is 20.3. The van der Waals surface area contributed by atoms with Crippen molar-refractivity contribution in [2.24, 2.45) is 28.9 Å². The molecular formula is C22H29F2NO3. The molecule has 1 heterocycles. The quantitative estimate of drug-likeness (QED) is 0.757. The molecule has 4 fully saturated rings. The first kappa shape index (κ1) is 18.9.